The topological polar surface area (TPSA) is 83.6 Å². The zero-order valence-corrected chi connectivity index (χ0v) is 12.9. The molecule has 2 unspecified atom stereocenters. The average molecular weight is 284 g/mol. The van der Waals surface area contributed by atoms with Gasteiger partial charge in [0.25, 0.3) is 0 Å². The Bertz CT molecular complexity index is 350. The van der Waals surface area contributed by atoms with Gasteiger partial charge in [0.15, 0.2) is 0 Å². The number of piperidine rings is 1. The van der Waals surface area contributed by atoms with Gasteiger partial charge in [0, 0.05) is 31.5 Å². The summed E-state index contributed by atoms with van der Waals surface area (Å²) in [6, 6.07) is -0.100. The summed E-state index contributed by atoms with van der Waals surface area (Å²) in [6.45, 7) is 6.83. The molecule has 116 valence electrons. The fraction of sp³-hybridized carbons (Fsp3) is 0.867. The van der Waals surface area contributed by atoms with E-state index < -0.39 is 5.97 Å². The van der Waals surface area contributed by atoms with E-state index in [2.05, 4.69) is 0 Å². The van der Waals surface area contributed by atoms with Crippen LogP contribution < -0.4 is 5.73 Å². The fourth-order valence-electron chi connectivity index (χ4n) is 2.53. The van der Waals surface area contributed by atoms with E-state index in [-0.39, 0.29) is 29.8 Å². The lowest BCUT2D eigenvalue weighted by Crippen LogP contribution is -2.47. The third-order valence-corrected chi connectivity index (χ3v) is 4.15. The molecule has 1 heterocycles. The first-order chi connectivity index (χ1) is 9.21. The molecule has 1 saturated heterocycles. The highest BCUT2D eigenvalue weighted by Gasteiger charge is 2.30. The van der Waals surface area contributed by atoms with Crippen molar-refractivity contribution in [3.8, 4) is 0 Å². The zero-order chi connectivity index (χ0) is 15.3. The van der Waals surface area contributed by atoms with Crippen molar-refractivity contribution in [3.05, 3.63) is 0 Å². The monoisotopic (exact) mass is 284 g/mol. The molecule has 0 bridgehead atoms. The summed E-state index contributed by atoms with van der Waals surface area (Å²) < 4.78 is 0. The third-order valence-electron chi connectivity index (χ3n) is 4.15. The Hall–Kier alpha value is -1.10. The van der Waals surface area contributed by atoms with Crippen molar-refractivity contribution >= 4 is 11.9 Å². The minimum atomic E-state index is -0.797. The second kappa shape index (κ2) is 7.07. The number of aliphatic carboxylic acids is 1. The van der Waals surface area contributed by atoms with Crippen LogP contribution in [0.3, 0.4) is 0 Å². The maximum Gasteiger partial charge on any atom is 0.303 e. The van der Waals surface area contributed by atoms with E-state index in [0.717, 1.165) is 25.8 Å². The molecule has 5 heteroatoms. The van der Waals surface area contributed by atoms with Crippen molar-refractivity contribution < 1.29 is 14.7 Å². The van der Waals surface area contributed by atoms with Gasteiger partial charge >= 0.3 is 5.97 Å². The Morgan fingerprint density at radius 2 is 2.00 bits per heavy atom. The quantitative estimate of drug-likeness (QED) is 0.808. The Morgan fingerprint density at radius 3 is 2.55 bits per heavy atom. The van der Waals surface area contributed by atoms with Crippen LogP contribution in [0.15, 0.2) is 0 Å². The summed E-state index contributed by atoms with van der Waals surface area (Å²) in [4.78, 5) is 25.0. The summed E-state index contributed by atoms with van der Waals surface area (Å²) in [5.74, 6) is -0.725. The number of hydrogen-bond donors (Lipinski definition) is 2. The van der Waals surface area contributed by atoms with Crippen LogP contribution in [0.25, 0.3) is 0 Å². The lowest BCUT2D eigenvalue weighted by molar-refractivity contribution is -0.140. The summed E-state index contributed by atoms with van der Waals surface area (Å²) in [6.07, 6.45) is 3.99. The van der Waals surface area contributed by atoms with Crippen LogP contribution >= 0.6 is 0 Å². The van der Waals surface area contributed by atoms with Gasteiger partial charge in [0.2, 0.25) is 5.91 Å². The Labute approximate surface area is 121 Å². The summed E-state index contributed by atoms with van der Waals surface area (Å²) in [5.41, 5.74) is 5.99. The van der Waals surface area contributed by atoms with Crippen LogP contribution in [-0.4, -0.2) is 40.5 Å². The number of hydrogen-bond acceptors (Lipinski definition) is 3. The lowest BCUT2D eigenvalue weighted by Gasteiger charge is -2.37. The molecule has 3 N–H and O–H groups in total. The van der Waals surface area contributed by atoms with Crippen LogP contribution in [-0.2, 0) is 9.59 Å². The van der Waals surface area contributed by atoms with Crippen LogP contribution in [0.1, 0.15) is 59.3 Å². The second-order valence-electron chi connectivity index (χ2n) is 6.85. The summed E-state index contributed by atoms with van der Waals surface area (Å²) in [5, 5.41) is 8.80. The zero-order valence-electron chi connectivity index (χ0n) is 12.9. The van der Waals surface area contributed by atoms with Crippen LogP contribution in [0, 0.1) is 5.41 Å². The molecular formula is C15H28N2O3. The average Bonchev–Trinajstić information content (AvgIpc) is 2.35. The number of rotatable bonds is 5. The van der Waals surface area contributed by atoms with Crippen molar-refractivity contribution in [2.75, 3.05) is 6.54 Å². The highest BCUT2D eigenvalue weighted by molar-refractivity contribution is 5.77. The largest absolute Gasteiger partial charge is 0.481 e. The van der Waals surface area contributed by atoms with Crippen LogP contribution in [0.5, 0.6) is 0 Å². The van der Waals surface area contributed by atoms with E-state index >= 15 is 0 Å². The SMILES string of the molecule is CC(C)(C)C(N)CC(=O)N1CCCCC1CCC(=O)O. The molecular weight excluding hydrogens is 256 g/mol. The molecule has 0 saturated carbocycles. The van der Waals surface area contributed by atoms with Gasteiger partial charge in [-0.1, -0.05) is 20.8 Å². The molecule has 5 nitrogen and oxygen atoms in total. The number of likely N-dealkylation sites (tertiary alicyclic amines) is 1. The molecule has 2 atom stereocenters. The molecule has 20 heavy (non-hydrogen) atoms. The number of carbonyl (C=O) groups excluding carboxylic acids is 1. The number of carboxylic acids is 1. The van der Waals surface area contributed by atoms with E-state index in [1.165, 1.54) is 0 Å². The molecule has 1 aliphatic rings. The minimum absolute atomic E-state index is 0.0690. The Balaban J connectivity index is 2.60. The lowest BCUT2D eigenvalue weighted by atomic mass is 9.85. The van der Waals surface area contributed by atoms with E-state index in [4.69, 9.17) is 10.8 Å². The molecule has 0 aromatic heterocycles. The maximum absolute atomic E-state index is 12.4. The number of carboxylic acid groups (broad SMARTS) is 1. The van der Waals surface area contributed by atoms with E-state index in [9.17, 15) is 9.59 Å². The Morgan fingerprint density at radius 1 is 1.35 bits per heavy atom. The van der Waals surface area contributed by atoms with Gasteiger partial charge in [-0.2, -0.15) is 0 Å². The Kier molecular flexibility index (Phi) is 5.99. The van der Waals surface area contributed by atoms with Gasteiger partial charge in [-0.25, -0.2) is 0 Å². The second-order valence-corrected chi connectivity index (χ2v) is 6.85. The van der Waals surface area contributed by atoms with Crippen molar-refractivity contribution in [2.24, 2.45) is 11.1 Å². The first-order valence-corrected chi connectivity index (χ1v) is 7.48. The molecule has 0 aliphatic carbocycles. The van der Waals surface area contributed by atoms with Crippen LogP contribution in [0.2, 0.25) is 0 Å². The van der Waals surface area contributed by atoms with E-state index in [1.807, 2.05) is 25.7 Å². The fourth-order valence-corrected chi connectivity index (χ4v) is 2.53. The van der Waals surface area contributed by atoms with Crippen molar-refractivity contribution in [3.63, 3.8) is 0 Å². The minimum Gasteiger partial charge on any atom is -0.481 e. The first kappa shape index (κ1) is 17.0. The van der Waals surface area contributed by atoms with Gasteiger partial charge in [-0.15, -0.1) is 0 Å². The number of nitrogens with zero attached hydrogens (tertiary/aromatic N) is 1. The molecule has 0 aromatic carbocycles. The van der Waals surface area contributed by atoms with Gasteiger partial charge in [0.05, 0.1) is 0 Å². The standard InChI is InChI=1S/C15H28N2O3/c1-15(2,3)12(16)10-13(18)17-9-5-4-6-11(17)7-8-14(19)20/h11-12H,4-10,16H2,1-3H3,(H,19,20). The predicted octanol–water partition coefficient (Wildman–Crippen LogP) is 2.00. The summed E-state index contributed by atoms with van der Waals surface area (Å²) in [7, 11) is 0. The maximum atomic E-state index is 12.4. The molecule has 1 aliphatic heterocycles. The third kappa shape index (κ3) is 5.12. The van der Waals surface area contributed by atoms with E-state index in [1.54, 1.807) is 0 Å². The number of amides is 1. The van der Waals surface area contributed by atoms with Gasteiger partial charge < -0.3 is 15.7 Å². The van der Waals surface area contributed by atoms with Gasteiger partial charge in [-0.05, 0) is 31.1 Å². The molecule has 0 spiro atoms. The number of nitrogens with two attached hydrogens (primary N) is 1. The highest BCUT2D eigenvalue weighted by atomic mass is 16.4. The molecule has 0 aromatic rings. The van der Waals surface area contributed by atoms with Gasteiger partial charge in [0.1, 0.15) is 0 Å². The van der Waals surface area contributed by atoms with E-state index in [0.29, 0.717) is 12.8 Å². The normalized spacial score (nSPS) is 21.6. The van der Waals surface area contributed by atoms with Crippen molar-refractivity contribution in [2.45, 2.75) is 71.4 Å². The van der Waals surface area contributed by atoms with Crippen molar-refractivity contribution in [1.29, 1.82) is 0 Å². The molecule has 1 amide bonds. The number of carbonyl (C=O) groups is 2. The molecule has 1 rings (SSSR count). The van der Waals surface area contributed by atoms with Crippen LogP contribution in [0.4, 0.5) is 0 Å². The predicted molar refractivity (Wildman–Crippen MR) is 78.3 cm³/mol. The first-order valence-electron chi connectivity index (χ1n) is 7.48. The summed E-state index contributed by atoms with van der Waals surface area (Å²) >= 11 is 0. The highest BCUT2D eigenvalue weighted by Crippen LogP contribution is 2.25. The van der Waals surface area contributed by atoms with Gasteiger partial charge in [-0.3, -0.25) is 9.59 Å². The van der Waals surface area contributed by atoms with Crippen molar-refractivity contribution in [1.82, 2.24) is 4.90 Å². The smallest absolute Gasteiger partial charge is 0.303 e. The molecule has 1 fully saturated rings. The molecule has 0 radical (unpaired) electrons.